The van der Waals surface area contributed by atoms with Crippen LogP contribution in [-0.2, 0) is 14.3 Å². The first-order valence-electron chi connectivity index (χ1n) is 7.23. The fourth-order valence-corrected chi connectivity index (χ4v) is 2.95. The molecule has 2 rings (SSSR count). The van der Waals surface area contributed by atoms with Gasteiger partial charge < -0.3 is 24.8 Å². The van der Waals surface area contributed by atoms with Crippen molar-refractivity contribution in [2.75, 3.05) is 39.2 Å². The zero-order chi connectivity index (χ0) is 18.6. The molecule has 8 nitrogen and oxygen atoms in total. The van der Waals surface area contributed by atoms with Crippen molar-refractivity contribution in [2.24, 2.45) is 0 Å². The average Bonchev–Trinajstić information content (AvgIpc) is 2.92. The number of methoxy groups -OCH3 is 2. The Hall–Kier alpha value is -2.57. The van der Waals surface area contributed by atoms with Crippen LogP contribution in [0.25, 0.3) is 0 Å². The summed E-state index contributed by atoms with van der Waals surface area (Å²) >= 11 is 3.29. The van der Waals surface area contributed by atoms with Gasteiger partial charge in [-0.1, -0.05) is 0 Å². The van der Waals surface area contributed by atoms with Gasteiger partial charge in [-0.05, 0) is 28.1 Å². The van der Waals surface area contributed by atoms with E-state index < -0.39 is 11.9 Å². The number of nitrogens with zero attached hydrogens (tertiary/aromatic N) is 2. The Kier molecular flexibility index (Phi) is 6.01. The summed E-state index contributed by atoms with van der Waals surface area (Å²) in [5.74, 6) is -0.801. The number of hydrogen-bond donors (Lipinski definition) is 2. The lowest BCUT2D eigenvalue weighted by molar-refractivity contribution is -0.136. The number of benzene rings is 1. The van der Waals surface area contributed by atoms with Gasteiger partial charge in [0, 0.05) is 6.54 Å². The lowest BCUT2D eigenvalue weighted by Gasteiger charge is -2.16. The van der Waals surface area contributed by atoms with E-state index in [2.05, 4.69) is 21.2 Å². The Morgan fingerprint density at radius 1 is 1.48 bits per heavy atom. The molecular weight excluding hydrogens is 394 g/mol. The van der Waals surface area contributed by atoms with E-state index in [1.54, 1.807) is 12.1 Å². The van der Waals surface area contributed by atoms with Gasteiger partial charge in [0.05, 0.1) is 43.1 Å². The highest BCUT2D eigenvalue weighted by molar-refractivity contribution is 9.10. The minimum atomic E-state index is -0.654. The summed E-state index contributed by atoms with van der Waals surface area (Å²) < 4.78 is 10.5. The molecule has 0 radical (unpaired) electrons. The zero-order valence-electron chi connectivity index (χ0n) is 13.6. The first kappa shape index (κ1) is 18.8. The van der Waals surface area contributed by atoms with Gasteiger partial charge in [0.15, 0.2) is 5.75 Å². The van der Waals surface area contributed by atoms with Crippen molar-refractivity contribution in [1.29, 1.82) is 5.26 Å². The standard InChI is InChI=1S/C16H16BrN3O5/c1-24-14-9(7-18)12(4-3-11(14)17)19-13-10(16(23)25-2)8-20(5-6-21)15(13)22/h3-4,19,21H,5-6,8H2,1-2H3. The second-order valence-corrected chi connectivity index (χ2v) is 5.89. The number of nitrogens with one attached hydrogen (secondary N) is 1. The number of amides is 1. The molecule has 0 fully saturated rings. The van der Waals surface area contributed by atoms with Crippen molar-refractivity contribution in [3.8, 4) is 11.8 Å². The zero-order valence-corrected chi connectivity index (χ0v) is 15.2. The molecule has 2 N–H and O–H groups in total. The van der Waals surface area contributed by atoms with Crippen LogP contribution in [0.2, 0.25) is 0 Å². The number of nitriles is 1. The van der Waals surface area contributed by atoms with Crippen LogP contribution in [0, 0.1) is 11.3 Å². The lowest BCUT2D eigenvalue weighted by Crippen LogP contribution is -2.31. The van der Waals surface area contributed by atoms with E-state index >= 15 is 0 Å². The Bertz CT molecular complexity index is 785. The van der Waals surface area contributed by atoms with Crippen LogP contribution in [0.15, 0.2) is 27.9 Å². The average molecular weight is 410 g/mol. The quantitative estimate of drug-likeness (QED) is 0.673. The topological polar surface area (TPSA) is 112 Å². The molecule has 1 heterocycles. The van der Waals surface area contributed by atoms with E-state index in [0.29, 0.717) is 15.9 Å². The van der Waals surface area contributed by atoms with Crippen molar-refractivity contribution in [3.05, 3.63) is 33.4 Å². The number of carbonyl (C=O) groups is 2. The molecule has 0 saturated heterocycles. The molecule has 0 unspecified atom stereocenters. The van der Waals surface area contributed by atoms with Gasteiger partial charge in [0.2, 0.25) is 0 Å². The molecule has 25 heavy (non-hydrogen) atoms. The number of halogens is 1. The van der Waals surface area contributed by atoms with Crippen LogP contribution in [0.5, 0.6) is 5.75 Å². The SMILES string of the molecule is COC(=O)C1=C(Nc2ccc(Br)c(OC)c2C#N)C(=O)N(CCO)C1. The highest BCUT2D eigenvalue weighted by atomic mass is 79.9. The summed E-state index contributed by atoms with van der Waals surface area (Å²) in [6.07, 6.45) is 0. The van der Waals surface area contributed by atoms with Crippen LogP contribution in [0.1, 0.15) is 5.56 Å². The largest absolute Gasteiger partial charge is 0.494 e. The molecule has 9 heteroatoms. The molecule has 1 amide bonds. The molecule has 0 bridgehead atoms. The third-order valence-electron chi connectivity index (χ3n) is 3.64. The summed E-state index contributed by atoms with van der Waals surface area (Å²) in [7, 11) is 2.64. The Labute approximate surface area is 152 Å². The van der Waals surface area contributed by atoms with Gasteiger partial charge in [-0.2, -0.15) is 5.26 Å². The number of aliphatic hydroxyl groups excluding tert-OH is 1. The van der Waals surface area contributed by atoms with Gasteiger partial charge in [-0.25, -0.2) is 4.79 Å². The number of rotatable bonds is 6. The maximum absolute atomic E-state index is 12.5. The highest BCUT2D eigenvalue weighted by Gasteiger charge is 2.35. The molecular formula is C16H16BrN3O5. The summed E-state index contributed by atoms with van der Waals surface area (Å²) in [6, 6.07) is 5.27. The van der Waals surface area contributed by atoms with Gasteiger partial charge in [0.25, 0.3) is 5.91 Å². The second-order valence-electron chi connectivity index (χ2n) is 5.04. The molecule has 0 spiro atoms. The first-order valence-corrected chi connectivity index (χ1v) is 8.03. The Morgan fingerprint density at radius 3 is 2.76 bits per heavy atom. The molecule has 0 aliphatic carbocycles. The normalized spacial score (nSPS) is 13.7. The van der Waals surface area contributed by atoms with Crippen molar-refractivity contribution in [1.82, 2.24) is 4.90 Å². The summed E-state index contributed by atoms with van der Waals surface area (Å²) in [5, 5.41) is 21.3. The summed E-state index contributed by atoms with van der Waals surface area (Å²) in [4.78, 5) is 25.8. The number of aliphatic hydroxyl groups is 1. The van der Waals surface area contributed by atoms with Crippen LogP contribution in [0.3, 0.4) is 0 Å². The summed E-state index contributed by atoms with van der Waals surface area (Å²) in [6.45, 7) is -0.133. The predicted molar refractivity (Wildman–Crippen MR) is 91.7 cm³/mol. The van der Waals surface area contributed by atoms with Gasteiger partial charge >= 0.3 is 5.97 Å². The number of hydrogen-bond acceptors (Lipinski definition) is 7. The van der Waals surface area contributed by atoms with E-state index in [-0.39, 0.29) is 36.5 Å². The third kappa shape index (κ3) is 3.60. The molecule has 1 aliphatic rings. The van der Waals surface area contributed by atoms with Gasteiger partial charge in [0.1, 0.15) is 17.3 Å². The van der Waals surface area contributed by atoms with Crippen LogP contribution >= 0.6 is 15.9 Å². The fraction of sp³-hybridized carbons (Fsp3) is 0.312. The van der Waals surface area contributed by atoms with E-state index in [1.165, 1.54) is 19.1 Å². The smallest absolute Gasteiger partial charge is 0.337 e. The molecule has 1 aromatic carbocycles. The van der Waals surface area contributed by atoms with E-state index in [9.17, 15) is 14.9 Å². The summed E-state index contributed by atoms with van der Waals surface area (Å²) in [5.41, 5.74) is 0.646. The van der Waals surface area contributed by atoms with E-state index in [0.717, 1.165) is 0 Å². The first-order chi connectivity index (χ1) is 12.0. The van der Waals surface area contributed by atoms with E-state index in [1.807, 2.05) is 6.07 Å². The molecule has 1 aliphatic heterocycles. The van der Waals surface area contributed by atoms with Gasteiger partial charge in [-0.3, -0.25) is 4.79 Å². The predicted octanol–water partition coefficient (Wildman–Crippen LogP) is 1.00. The lowest BCUT2D eigenvalue weighted by atomic mass is 10.1. The van der Waals surface area contributed by atoms with Gasteiger partial charge in [-0.15, -0.1) is 0 Å². The highest BCUT2D eigenvalue weighted by Crippen LogP contribution is 2.35. The van der Waals surface area contributed by atoms with Crippen LogP contribution < -0.4 is 10.1 Å². The maximum atomic E-state index is 12.5. The molecule has 0 saturated carbocycles. The monoisotopic (exact) mass is 409 g/mol. The number of anilines is 1. The Morgan fingerprint density at radius 2 is 2.20 bits per heavy atom. The van der Waals surface area contributed by atoms with Crippen molar-refractivity contribution < 1.29 is 24.2 Å². The van der Waals surface area contributed by atoms with Crippen LogP contribution in [0.4, 0.5) is 5.69 Å². The maximum Gasteiger partial charge on any atom is 0.337 e. The van der Waals surface area contributed by atoms with Crippen molar-refractivity contribution in [2.45, 2.75) is 0 Å². The molecule has 132 valence electrons. The molecule has 0 aromatic heterocycles. The van der Waals surface area contributed by atoms with Crippen molar-refractivity contribution >= 4 is 33.5 Å². The molecule has 1 aromatic rings. The number of β-amino-alcohol motifs (C(OH)–C–C–N with tert-alkyl or cyclic N) is 1. The van der Waals surface area contributed by atoms with Crippen LogP contribution in [-0.4, -0.2) is 55.8 Å². The second kappa shape index (κ2) is 8.00. The minimum Gasteiger partial charge on any atom is -0.494 e. The number of esters is 1. The third-order valence-corrected chi connectivity index (χ3v) is 4.26. The van der Waals surface area contributed by atoms with Crippen molar-refractivity contribution in [3.63, 3.8) is 0 Å². The van der Waals surface area contributed by atoms with E-state index in [4.69, 9.17) is 14.6 Å². The molecule has 0 atom stereocenters. The fourth-order valence-electron chi connectivity index (χ4n) is 2.46. The Balaban J connectivity index is 2.47. The number of carbonyl (C=O) groups excluding carboxylic acids is 2. The number of ether oxygens (including phenoxy) is 2. The minimum absolute atomic E-state index is 0.0150.